The third-order valence-electron chi connectivity index (χ3n) is 4.86. The van der Waals surface area contributed by atoms with Gasteiger partial charge in [0, 0.05) is 6.04 Å². The van der Waals surface area contributed by atoms with Crippen molar-refractivity contribution in [1.29, 1.82) is 0 Å². The Morgan fingerprint density at radius 1 is 1.25 bits per heavy atom. The molecule has 1 spiro atoms. The summed E-state index contributed by atoms with van der Waals surface area (Å²) in [5, 5.41) is 2.89. The number of hydrogen-bond donors (Lipinski definition) is 1. The summed E-state index contributed by atoms with van der Waals surface area (Å²) in [6, 6.07) is -0.918. The molecule has 2 amide bonds. The van der Waals surface area contributed by atoms with E-state index in [0.717, 1.165) is 12.8 Å². The summed E-state index contributed by atoms with van der Waals surface area (Å²) in [4.78, 5) is 26.5. The molecule has 0 aromatic carbocycles. The van der Waals surface area contributed by atoms with Gasteiger partial charge in [-0.15, -0.1) is 0 Å². The molecule has 1 aliphatic carbocycles. The highest BCUT2D eigenvalue weighted by Crippen LogP contribution is 2.36. The second-order valence-corrected chi connectivity index (χ2v) is 8.45. The molecule has 3 rings (SSSR count). The van der Waals surface area contributed by atoms with E-state index in [2.05, 4.69) is 5.32 Å². The Labute approximate surface area is 118 Å². The largest absolute Gasteiger partial charge is 0.340 e. The molecule has 7 heteroatoms. The zero-order valence-corrected chi connectivity index (χ0v) is 12.4. The van der Waals surface area contributed by atoms with Crippen molar-refractivity contribution in [2.75, 3.05) is 11.5 Å². The number of hydrogen-bond acceptors (Lipinski definition) is 4. The number of piperazine rings is 1. The molecule has 1 saturated carbocycles. The first-order valence-corrected chi connectivity index (χ1v) is 9.02. The Kier molecular flexibility index (Phi) is 3.08. The first-order chi connectivity index (χ1) is 9.35. The van der Waals surface area contributed by atoms with Crippen molar-refractivity contribution in [3.63, 3.8) is 0 Å². The molecule has 112 valence electrons. The van der Waals surface area contributed by atoms with Gasteiger partial charge in [-0.05, 0) is 26.2 Å². The SMILES string of the molecule is CC1C(=O)NC2(CCCC2)C(=O)N1C1CCS(=O)(=O)C1. The van der Waals surface area contributed by atoms with Crippen LogP contribution in [0.15, 0.2) is 0 Å². The molecular formula is C13H20N2O4S. The van der Waals surface area contributed by atoms with Gasteiger partial charge in [-0.25, -0.2) is 8.42 Å². The van der Waals surface area contributed by atoms with Gasteiger partial charge in [-0.1, -0.05) is 12.8 Å². The van der Waals surface area contributed by atoms with E-state index in [4.69, 9.17) is 0 Å². The number of sulfone groups is 1. The van der Waals surface area contributed by atoms with Gasteiger partial charge in [0.05, 0.1) is 11.5 Å². The summed E-state index contributed by atoms with van der Waals surface area (Å²) in [6.45, 7) is 1.68. The molecule has 1 N–H and O–H groups in total. The van der Waals surface area contributed by atoms with Crippen molar-refractivity contribution in [2.24, 2.45) is 0 Å². The lowest BCUT2D eigenvalue weighted by Gasteiger charge is -2.45. The molecule has 3 aliphatic rings. The fourth-order valence-corrected chi connectivity index (χ4v) is 5.45. The number of carbonyl (C=O) groups is 2. The number of nitrogens with zero attached hydrogens (tertiary/aromatic N) is 1. The van der Waals surface area contributed by atoms with Gasteiger partial charge in [0.15, 0.2) is 9.84 Å². The quantitative estimate of drug-likeness (QED) is 0.729. The fourth-order valence-electron chi connectivity index (χ4n) is 3.74. The van der Waals surface area contributed by atoms with E-state index in [-0.39, 0.29) is 29.4 Å². The zero-order valence-electron chi connectivity index (χ0n) is 11.6. The second kappa shape index (κ2) is 4.44. The number of amides is 2. The summed E-state index contributed by atoms with van der Waals surface area (Å²) in [5.74, 6) is -0.130. The van der Waals surface area contributed by atoms with Crippen molar-refractivity contribution in [1.82, 2.24) is 10.2 Å². The zero-order chi connectivity index (χ0) is 14.5. The minimum atomic E-state index is -3.07. The Morgan fingerprint density at radius 3 is 2.45 bits per heavy atom. The van der Waals surface area contributed by atoms with Crippen LogP contribution < -0.4 is 5.32 Å². The fraction of sp³-hybridized carbons (Fsp3) is 0.846. The van der Waals surface area contributed by atoms with Crippen LogP contribution in [0.4, 0.5) is 0 Å². The van der Waals surface area contributed by atoms with E-state index in [9.17, 15) is 18.0 Å². The van der Waals surface area contributed by atoms with Crippen LogP contribution in [0.25, 0.3) is 0 Å². The molecule has 2 atom stereocenters. The monoisotopic (exact) mass is 300 g/mol. The number of nitrogens with one attached hydrogen (secondary N) is 1. The average Bonchev–Trinajstić information content (AvgIpc) is 2.96. The number of carbonyl (C=O) groups excluding carboxylic acids is 2. The third kappa shape index (κ3) is 2.03. The van der Waals surface area contributed by atoms with Crippen molar-refractivity contribution >= 4 is 21.7 Å². The van der Waals surface area contributed by atoms with Gasteiger partial charge in [0.1, 0.15) is 11.6 Å². The minimum Gasteiger partial charge on any atom is -0.340 e. The van der Waals surface area contributed by atoms with Gasteiger partial charge in [-0.3, -0.25) is 9.59 Å². The van der Waals surface area contributed by atoms with Crippen LogP contribution in [0.5, 0.6) is 0 Å². The maximum Gasteiger partial charge on any atom is 0.249 e. The predicted octanol–water partition coefficient (Wildman–Crippen LogP) is -0.167. The maximum atomic E-state index is 12.8. The first kappa shape index (κ1) is 13.9. The van der Waals surface area contributed by atoms with Gasteiger partial charge in [0.25, 0.3) is 0 Å². The van der Waals surface area contributed by atoms with Crippen LogP contribution in [0.3, 0.4) is 0 Å². The second-order valence-electron chi connectivity index (χ2n) is 6.22. The molecule has 3 fully saturated rings. The lowest BCUT2D eigenvalue weighted by atomic mass is 9.90. The minimum absolute atomic E-state index is 0.00750. The normalized spacial score (nSPS) is 35.5. The van der Waals surface area contributed by atoms with Crippen LogP contribution in [-0.4, -0.2) is 54.3 Å². The summed E-state index contributed by atoms with van der Waals surface area (Å²) in [5.41, 5.74) is -0.768. The molecule has 0 aromatic heterocycles. The van der Waals surface area contributed by atoms with Gasteiger partial charge >= 0.3 is 0 Å². The standard InChI is InChI=1S/C13H20N2O4S/c1-9-11(16)14-13(5-2-3-6-13)12(17)15(9)10-4-7-20(18,19)8-10/h9-10H,2-8H2,1H3,(H,14,16). The Balaban J connectivity index is 1.91. The van der Waals surface area contributed by atoms with Crippen LogP contribution in [-0.2, 0) is 19.4 Å². The van der Waals surface area contributed by atoms with Crippen molar-refractivity contribution < 1.29 is 18.0 Å². The summed E-state index contributed by atoms with van der Waals surface area (Å²) >= 11 is 0. The Hall–Kier alpha value is -1.11. The Bertz CT molecular complexity index is 551. The maximum absolute atomic E-state index is 12.8. The number of rotatable bonds is 1. The molecule has 2 heterocycles. The van der Waals surface area contributed by atoms with E-state index in [1.807, 2.05) is 0 Å². The van der Waals surface area contributed by atoms with Gasteiger partial charge in [-0.2, -0.15) is 0 Å². The summed E-state index contributed by atoms with van der Waals surface area (Å²) in [6.07, 6.45) is 3.64. The lowest BCUT2D eigenvalue weighted by Crippen LogP contribution is -2.70. The highest BCUT2D eigenvalue weighted by Gasteiger charge is 2.53. The Morgan fingerprint density at radius 2 is 1.90 bits per heavy atom. The van der Waals surface area contributed by atoms with Crippen molar-refractivity contribution in [3.05, 3.63) is 0 Å². The average molecular weight is 300 g/mol. The molecule has 20 heavy (non-hydrogen) atoms. The summed E-state index contributed by atoms with van der Waals surface area (Å²) < 4.78 is 23.3. The van der Waals surface area contributed by atoms with E-state index < -0.39 is 21.4 Å². The predicted molar refractivity (Wildman–Crippen MR) is 72.7 cm³/mol. The van der Waals surface area contributed by atoms with Crippen LogP contribution >= 0.6 is 0 Å². The molecule has 6 nitrogen and oxygen atoms in total. The molecule has 0 bridgehead atoms. The molecule has 2 saturated heterocycles. The highest BCUT2D eigenvalue weighted by atomic mass is 32.2. The molecule has 2 aliphatic heterocycles. The molecular weight excluding hydrogens is 280 g/mol. The molecule has 2 unspecified atom stereocenters. The third-order valence-corrected chi connectivity index (χ3v) is 6.61. The van der Waals surface area contributed by atoms with E-state index in [0.29, 0.717) is 19.3 Å². The van der Waals surface area contributed by atoms with Crippen molar-refractivity contribution in [3.8, 4) is 0 Å². The summed E-state index contributed by atoms with van der Waals surface area (Å²) in [7, 11) is -3.07. The van der Waals surface area contributed by atoms with Crippen LogP contribution in [0.1, 0.15) is 39.0 Å². The van der Waals surface area contributed by atoms with Gasteiger partial charge in [0.2, 0.25) is 11.8 Å². The smallest absolute Gasteiger partial charge is 0.249 e. The van der Waals surface area contributed by atoms with Crippen LogP contribution in [0, 0.1) is 0 Å². The highest BCUT2D eigenvalue weighted by molar-refractivity contribution is 7.91. The van der Waals surface area contributed by atoms with Crippen molar-refractivity contribution in [2.45, 2.75) is 56.7 Å². The van der Waals surface area contributed by atoms with E-state index in [1.54, 1.807) is 11.8 Å². The topological polar surface area (TPSA) is 83.6 Å². The van der Waals surface area contributed by atoms with Gasteiger partial charge < -0.3 is 10.2 Å². The van der Waals surface area contributed by atoms with E-state index >= 15 is 0 Å². The lowest BCUT2D eigenvalue weighted by molar-refractivity contribution is -0.156. The van der Waals surface area contributed by atoms with E-state index in [1.165, 1.54) is 0 Å². The van der Waals surface area contributed by atoms with Crippen LogP contribution in [0.2, 0.25) is 0 Å². The first-order valence-electron chi connectivity index (χ1n) is 7.20. The molecule has 0 aromatic rings. The molecule has 0 radical (unpaired) electrons.